The summed E-state index contributed by atoms with van der Waals surface area (Å²) in [4.78, 5) is 0. The van der Waals surface area contributed by atoms with Crippen molar-refractivity contribution in [1.29, 1.82) is 0 Å². The van der Waals surface area contributed by atoms with Gasteiger partial charge in [0.25, 0.3) is 0 Å². The molecule has 1 saturated carbocycles. The molecule has 0 atom stereocenters. The molecule has 0 heterocycles. The Hall–Kier alpha value is -0.0900. The van der Waals surface area contributed by atoms with Crippen molar-refractivity contribution in [2.24, 2.45) is 17.1 Å². The standard InChI is InChI=1S/C14H29NO2S/c1-5-18(16,17)11-10-14(15)8-6-12(7-9-14)13(2,3)4/h12H,5-11,15H2,1-4H3. The Morgan fingerprint density at radius 1 is 1.22 bits per heavy atom. The molecule has 1 rings (SSSR count). The van der Waals surface area contributed by atoms with Crippen LogP contribution in [0.25, 0.3) is 0 Å². The topological polar surface area (TPSA) is 60.2 Å². The van der Waals surface area contributed by atoms with Crippen LogP contribution in [0.2, 0.25) is 0 Å². The lowest BCUT2D eigenvalue weighted by Gasteiger charge is -2.42. The van der Waals surface area contributed by atoms with Crippen molar-refractivity contribution in [1.82, 2.24) is 0 Å². The molecule has 1 fully saturated rings. The molecule has 0 radical (unpaired) electrons. The molecular weight excluding hydrogens is 246 g/mol. The summed E-state index contributed by atoms with van der Waals surface area (Å²) in [6, 6.07) is 0. The predicted molar refractivity (Wildman–Crippen MR) is 77.3 cm³/mol. The number of hydrogen-bond donors (Lipinski definition) is 1. The third kappa shape index (κ3) is 4.54. The molecule has 108 valence electrons. The average Bonchev–Trinajstić information content (AvgIpc) is 2.26. The molecule has 0 saturated heterocycles. The van der Waals surface area contributed by atoms with Gasteiger partial charge in [-0.1, -0.05) is 27.7 Å². The Morgan fingerprint density at radius 2 is 1.72 bits per heavy atom. The van der Waals surface area contributed by atoms with Crippen molar-refractivity contribution in [3.8, 4) is 0 Å². The lowest BCUT2D eigenvalue weighted by molar-refractivity contribution is 0.132. The van der Waals surface area contributed by atoms with Gasteiger partial charge in [0, 0.05) is 11.3 Å². The summed E-state index contributed by atoms with van der Waals surface area (Å²) in [6.45, 7) is 8.54. The Balaban J connectivity index is 2.50. The van der Waals surface area contributed by atoms with E-state index in [9.17, 15) is 8.42 Å². The molecule has 0 amide bonds. The summed E-state index contributed by atoms with van der Waals surface area (Å²) in [6.07, 6.45) is 4.82. The minimum absolute atomic E-state index is 0.230. The first-order valence-electron chi connectivity index (χ1n) is 7.07. The molecule has 0 aromatic rings. The molecule has 0 unspecified atom stereocenters. The molecule has 0 spiro atoms. The summed E-state index contributed by atoms with van der Waals surface area (Å²) in [5, 5.41) is 0. The molecule has 1 aliphatic rings. The Morgan fingerprint density at radius 3 is 2.11 bits per heavy atom. The van der Waals surface area contributed by atoms with Crippen LogP contribution in [0, 0.1) is 11.3 Å². The Kier molecular flexibility index (Phi) is 4.87. The van der Waals surface area contributed by atoms with Gasteiger partial charge in [-0.15, -0.1) is 0 Å². The van der Waals surface area contributed by atoms with Crippen LogP contribution < -0.4 is 5.73 Å². The van der Waals surface area contributed by atoms with Crippen LogP contribution in [0.4, 0.5) is 0 Å². The zero-order valence-electron chi connectivity index (χ0n) is 12.3. The smallest absolute Gasteiger partial charge is 0.150 e. The van der Waals surface area contributed by atoms with Gasteiger partial charge in [0.05, 0.1) is 5.75 Å². The second-order valence-electron chi connectivity index (χ2n) is 6.99. The van der Waals surface area contributed by atoms with Crippen molar-refractivity contribution in [2.75, 3.05) is 11.5 Å². The summed E-state index contributed by atoms with van der Waals surface area (Å²) < 4.78 is 23.1. The lowest BCUT2D eigenvalue weighted by Crippen LogP contribution is -2.46. The highest BCUT2D eigenvalue weighted by atomic mass is 32.2. The fourth-order valence-corrected chi connectivity index (χ4v) is 3.82. The minimum atomic E-state index is -2.88. The number of hydrogen-bond acceptors (Lipinski definition) is 3. The van der Waals surface area contributed by atoms with Gasteiger partial charge in [-0.25, -0.2) is 8.42 Å². The summed E-state index contributed by atoms with van der Waals surface area (Å²) >= 11 is 0. The van der Waals surface area contributed by atoms with Gasteiger partial charge >= 0.3 is 0 Å². The summed E-state index contributed by atoms with van der Waals surface area (Å²) in [7, 11) is -2.88. The van der Waals surface area contributed by atoms with E-state index in [0.29, 0.717) is 11.8 Å². The van der Waals surface area contributed by atoms with Crippen molar-refractivity contribution in [3.63, 3.8) is 0 Å². The maximum Gasteiger partial charge on any atom is 0.150 e. The second-order valence-corrected chi connectivity index (χ2v) is 9.46. The maximum atomic E-state index is 11.6. The van der Waals surface area contributed by atoms with E-state index in [-0.39, 0.29) is 17.0 Å². The molecule has 0 bridgehead atoms. The van der Waals surface area contributed by atoms with Crippen molar-refractivity contribution in [2.45, 2.75) is 65.3 Å². The number of nitrogens with two attached hydrogens (primary N) is 1. The van der Waals surface area contributed by atoms with Crippen LogP contribution in [0.15, 0.2) is 0 Å². The fraction of sp³-hybridized carbons (Fsp3) is 1.00. The van der Waals surface area contributed by atoms with Gasteiger partial charge in [0.1, 0.15) is 9.84 Å². The van der Waals surface area contributed by atoms with Crippen molar-refractivity contribution in [3.05, 3.63) is 0 Å². The fourth-order valence-electron chi connectivity index (χ4n) is 2.81. The van der Waals surface area contributed by atoms with E-state index in [0.717, 1.165) is 31.6 Å². The largest absolute Gasteiger partial charge is 0.325 e. The van der Waals surface area contributed by atoms with E-state index in [2.05, 4.69) is 20.8 Å². The third-order valence-electron chi connectivity index (χ3n) is 4.56. The van der Waals surface area contributed by atoms with E-state index in [1.54, 1.807) is 6.92 Å². The van der Waals surface area contributed by atoms with Crippen LogP contribution in [0.5, 0.6) is 0 Å². The van der Waals surface area contributed by atoms with E-state index < -0.39 is 9.84 Å². The number of rotatable bonds is 4. The van der Waals surface area contributed by atoms with Gasteiger partial charge < -0.3 is 5.73 Å². The van der Waals surface area contributed by atoms with Gasteiger partial charge in [0.2, 0.25) is 0 Å². The van der Waals surface area contributed by atoms with Crippen LogP contribution in [-0.2, 0) is 9.84 Å². The molecule has 0 aliphatic heterocycles. The van der Waals surface area contributed by atoms with Crippen molar-refractivity contribution >= 4 is 9.84 Å². The highest BCUT2D eigenvalue weighted by Gasteiger charge is 2.36. The first kappa shape index (κ1) is 16.0. The highest BCUT2D eigenvalue weighted by molar-refractivity contribution is 7.91. The molecule has 18 heavy (non-hydrogen) atoms. The van der Waals surface area contributed by atoms with Crippen LogP contribution in [-0.4, -0.2) is 25.5 Å². The zero-order chi connectivity index (χ0) is 14.0. The van der Waals surface area contributed by atoms with E-state index in [1.165, 1.54) is 0 Å². The molecule has 1 aliphatic carbocycles. The summed E-state index contributed by atoms with van der Waals surface area (Å²) in [5.41, 5.74) is 6.46. The first-order chi connectivity index (χ1) is 8.08. The minimum Gasteiger partial charge on any atom is -0.325 e. The van der Waals surface area contributed by atoms with Crippen LogP contribution in [0.3, 0.4) is 0 Å². The number of sulfone groups is 1. The van der Waals surface area contributed by atoms with E-state index in [1.807, 2.05) is 0 Å². The van der Waals surface area contributed by atoms with E-state index in [4.69, 9.17) is 5.73 Å². The van der Waals surface area contributed by atoms with Crippen molar-refractivity contribution < 1.29 is 8.42 Å². The average molecular weight is 275 g/mol. The lowest BCUT2D eigenvalue weighted by atomic mass is 9.67. The van der Waals surface area contributed by atoms with Crippen LogP contribution >= 0.6 is 0 Å². The SMILES string of the molecule is CCS(=O)(=O)CCC1(N)CCC(C(C)(C)C)CC1. The molecule has 4 heteroatoms. The normalized spacial score (nSPS) is 30.4. The first-order valence-corrected chi connectivity index (χ1v) is 8.89. The molecule has 3 nitrogen and oxygen atoms in total. The van der Waals surface area contributed by atoms with Gasteiger partial charge in [-0.05, 0) is 43.4 Å². The van der Waals surface area contributed by atoms with Gasteiger partial charge in [-0.3, -0.25) is 0 Å². The third-order valence-corrected chi connectivity index (χ3v) is 6.26. The predicted octanol–water partition coefficient (Wildman–Crippen LogP) is 2.75. The maximum absolute atomic E-state index is 11.6. The van der Waals surface area contributed by atoms with E-state index >= 15 is 0 Å². The Labute approximate surface area is 112 Å². The monoisotopic (exact) mass is 275 g/mol. The Bertz CT molecular complexity index is 360. The quantitative estimate of drug-likeness (QED) is 0.858. The molecule has 0 aromatic carbocycles. The summed E-state index contributed by atoms with van der Waals surface area (Å²) in [5.74, 6) is 1.20. The highest BCUT2D eigenvalue weighted by Crippen LogP contribution is 2.41. The second kappa shape index (κ2) is 5.49. The molecular formula is C14H29NO2S. The zero-order valence-corrected chi connectivity index (χ0v) is 13.1. The van der Waals surface area contributed by atoms with Gasteiger partial charge in [-0.2, -0.15) is 0 Å². The van der Waals surface area contributed by atoms with Crippen LogP contribution in [0.1, 0.15) is 59.8 Å². The molecule has 2 N–H and O–H groups in total. The molecule has 0 aromatic heterocycles. The van der Waals surface area contributed by atoms with Gasteiger partial charge in [0.15, 0.2) is 0 Å².